The lowest BCUT2D eigenvalue weighted by Gasteiger charge is -2.26. The minimum atomic E-state index is 0.106. The SMILES string of the molecule is CCN(CC)C(=O)c1ccc(CNC(=NC)N2CCC3(CCCC3)C2)cc1. The maximum Gasteiger partial charge on any atom is 0.253 e. The molecule has 1 saturated heterocycles. The number of hydrogen-bond acceptors (Lipinski definition) is 2. The van der Waals surface area contributed by atoms with Crippen molar-refractivity contribution in [1.29, 1.82) is 0 Å². The zero-order valence-corrected chi connectivity index (χ0v) is 17.1. The van der Waals surface area contributed by atoms with E-state index in [0.29, 0.717) is 5.41 Å². The Hall–Kier alpha value is -2.04. The Balaban J connectivity index is 1.55. The average molecular weight is 371 g/mol. The summed E-state index contributed by atoms with van der Waals surface area (Å²) >= 11 is 0. The zero-order valence-electron chi connectivity index (χ0n) is 17.1. The molecule has 27 heavy (non-hydrogen) atoms. The van der Waals surface area contributed by atoms with Crippen molar-refractivity contribution in [2.24, 2.45) is 10.4 Å². The van der Waals surface area contributed by atoms with E-state index in [4.69, 9.17) is 0 Å². The van der Waals surface area contributed by atoms with Crippen molar-refractivity contribution in [2.45, 2.75) is 52.5 Å². The Morgan fingerprint density at radius 2 is 1.81 bits per heavy atom. The lowest BCUT2D eigenvalue weighted by atomic mass is 9.86. The number of likely N-dealkylation sites (tertiary alicyclic amines) is 1. The van der Waals surface area contributed by atoms with Crippen LogP contribution in [0.25, 0.3) is 0 Å². The summed E-state index contributed by atoms with van der Waals surface area (Å²) in [5.74, 6) is 1.11. The highest BCUT2D eigenvalue weighted by Gasteiger charge is 2.41. The minimum absolute atomic E-state index is 0.106. The smallest absolute Gasteiger partial charge is 0.253 e. The van der Waals surface area contributed by atoms with Crippen LogP contribution in [0.2, 0.25) is 0 Å². The number of nitrogens with zero attached hydrogens (tertiary/aromatic N) is 3. The first-order valence-corrected chi connectivity index (χ1v) is 10.4. The summed E-state index contributed by atoms with van der Waals surface area (Å²) < 4.78 is 0. The second-order valence-corrected chi connectivity index (χ2v) is 7.95. The zero-order chi connectivity index (χ0) is 19.3. The fraction of sp³-hybridized carbons (Fsp3) is 0.636. The molecule has 1 aromatic carbocycles. The van der Waals surface area contributed by atoms with Gasteiger partial charge in [-0.2, -0.15) is 0 Å². The molecular weight excluding hydrogens is 336 g/mol. The third-order valence-electron chi connectivity index (χ3n) is 6.32. The van der Waals surface area contributed by atoms with E-state index >= 15 is 0 Å². The van der Waals surface area contributed by atoms with Crippen LogP contribution in [-0.2, 0) is 6.54 Å². The van der Waals surface area contributed by atoms with Crippen LogP contribution >= 0.6 is 0 Å². The van der Waals surface area contributed by atoms with Crippen LogP contribution in [0, 0.1) is 5.41 Å². The normalized spacial score (nSPS) is 18.9. The number of amides is 1. The first kappa shape index (κ1) is 19.7. The highest BCUT2D eigenvalue weighted by molar-refractivity contribution is 5.94. The molecule has 148 valence electrons. The predicted molar refractivity (Wildman–Crippen MR) is 111 cm³/mol. The van der Waals surface area contributed by atoms with Gasteiger partial charge in [-0.05, 0) is 56.2 Å². The van der Waals surface area contributed by atoms with E-state index in [9.17, 15) is 4.79 Å². The van der Waals surface area contributed by atoms with Gasteiger partial charge < -0.3 is 15.1 Å². The van der Waals surface area contributed by atoms with E-state index in [0.717, 1.165) is 44.2 Å². The standard InChI is InChI=1S/C22H34N4O/c1-4-25(5-2)20(27)19-10-8-18(9-11-19)16-24-21(23-3)26-15-14-22(17-26)12-6-7-13-22/h8-11H,4-7,12-17H2,1-3H3,(H,23,24). The Morgan fingerprint density at radius 3 is 2.41 bits per heavy atom. The predicted octanol–water partition coefficient (Wildman–Crippen LogP) is 3.51. The number of rotatable bonds is 5. The van der Waals surface area contributed by atoms with E-state index in [1.807, 2.05) is 50.1 Å². The lowest BCUT2D eigenvalue weighted by Crippen LogP contribution is -2.40. The van der Waals surface area contributed by atoms with Crippen LogP contribution in [0.15, 0.2) is 29.3 Å². The molecule has 5 heteroatoms. The van der Waals surface area contributed by atoms with E-state index in [1.165, 1.54) is 37.7 Å². The van der Waals surface area contributed by atoms with Gasteiger partial charge in [0.1, 0.15) is 0 Å². The van der Waals surface area contributed by atoms with Gasteiger partial charge in [-0.15, -0.1) is 0 Å². The number of carbonyl (C=O) groups is 1. The molecule has 1 amide bonds. The fourth-order valence-corrected chi connectivity index (χ4v) is 4.62. The van der Waals surface area contributed by atoms with Crippen LogP contribution in [0.1, 0.15) is 61.9 Å². The van der Waals surface area contributed by atoms with E-state index in [2.05, 4.69) is 15.2 Å². The first-order valence-electron chi connectivity index (χ1n) is 10.4. The number of hydrogen-bond donors (Lipinski definition) is 1. The van der Waals surface area contributed by atoms with Crippen LogP contribution < -0.4 is 5.32 Å². The Labute approximate surface area is 163 Å². The first-order chi connectivity index (χ1) is 13.1. The Bertz CT molecular complexity index is 657. The van der Waals surface area contributed by atoms with Gasteiger partial charge in [-0.1, -0.05) is 25.0 Å². The molecule has 2 aliphatic rings. The molecule has 1 aliphatic carbocycles. The van der Waals surface area contributed by atoms with E-state index < -0.39 is 0 Å². The Morgan fingerprint density at radius 1 is 1.15 bits per heavy atom. The molecule has 0 unspecified atom stereocenters. The number of carbonyl (C=O) groups excluding carboxylic acids is 1. The summed E-state index contributed by atoms with van der Waals surface area (Å²) in [7, 11) is 1.87. The topological polar surface area (TPSA) is 47.9 Å². The van der Waals surface area contributed by atoms with Gasteiger partial charge in [0.05, 0.1) is 0 Å². The summed E-state index contributed by atoms with van der Waals surface area (Å²) in [5, 5.41) is 3.51. The van der Waals surface area contributed by atoms with Gasteiger partial charge >= 0.3 is 0 Å². The third-order valence-corrected chi connectivity index (χ3v) is 6.32. The monoisotopic (exact) mass is 370 g/mol. The minimum Gasteiger partial charge on any atom is -0.352 e. The van der Waals surface area contributed by atoms with Crippen molar-refractivity contribution in [3.63, 3.8) is 0 Å². The van der Waals surface area contributed by atoms with Gasteiger partial charge in [0, 0.05) is 45.3 Å². The average Bonchev–Trinajstić information content (AvgIpc) is 3.34. The third kappa shape index (κ3) is 4.45. The fourth-order valence-electron chi connectivity index (χ4n) is 4.62. The molecule has 2 fully saturated rings. The molecule has 1 aliphatic heterocycles. The maximum atomic E-state index is 12.4. The van der Waals surface area contributed by atoms with Gasteiger partial charge in [-0.3, -0.25) is 9.79 Å². The Kier molecular flexibility index (Phi) is 6.40. The molecule has 1 saturated carbocycles. The number of benzene rings is 1. The second kappa shape index (κ2) is 8.77. The van der Waals surface area contributed by atoms with Crippen molar-refractivity contribution in [3.8, 4) is 0 Å². The van der Waals surface area contributed by atoms with Crippen molar-refractivity contribution >= 4 is 11.9 Å². The molecule has 0 radical (unpaired) electrons. The largest absolute Gasteiger partial charge is 0.352 e. The summed E-state index contributed by atoms with van der Waals surface area (Å²) in [6.45, 7) is 8.49. The van der Waals surface area contributed by atoms with Gasteiger partial charge in [0.2, 0.25) is 0 Å². The van der Waals surface area contributed by atoms with Crippen LogP contribution in [0.4, 0.5) is 0 Å². The van der Waals surface area contributed by atoms with Crippen LogP contribution in [0.3, 0.4) is 0 Å². The van der Waals surface area contributed by atoms with Gasteiger partial charge in [0.25, 0.3) is 5.91 Å². The van der Waals surface area contributed by atoms with Crippen molar-refractivity contribution in [2.75, 3.05) is 33.2 Å². The van der Waals surface area contributed by atoms with Gasteiger partial charge in [-0.25, -0.2) is 0 Å². The quantitative estimate of drug-likeness (QED) is 0.637. The number of guanidine groups is 1. The molecule has 5 nitrogen and oxygen atoms in total. The molecule has 0 bridgehead atoms. The van der Waals surface area contributed by atoms with Crippen molar-refractivity contribution in [1.82, 2.24) is 15.1 Å². The summed E-state index contributed by atoms with van der Waals surface area (Å²) in [6, 6.07) is 7.95. The summed E-state index contributed by atoms with van der Waals surface area (Å²) in [5.41, 5.74) is 2.47. The number of nitrogens with one attached hydrogen (secondary N) is 1. The van der Waals surface area contributed by atoms with E-state index in [-0.39, 0.29) is 5.91 Å². The van der Waals surface area contributed by atoms with E-state index in [1.54, 1.807) is 0 Å². The van der Waals surface area contributed by atoms with Crippen molar-refractivity contribution < 1.29 is 4.79 Å². The highest BCUT2D eigenvalue weighted by Crippen LogP contribution is 2.45. The molecule has 3 rings (SSSR count). The maximum absolute atomic E-state index is 12.4. The molecule has 0 atom stereocenters. The lowest BCUT2D eigenvalue weighted by molar-refractivity contribution is 0.0773. The molecule has 1 heterocycles. The number of aliphatic imine (C=N–C) groups is 1. The second-order valence-electron chi connectivity index (χ2n) is 7.95. The molecular formula is C22H34N4O. The molecule has 1 aromatic rings. The highest BCUT2D eigenvalue weighted by atomic mass is 16.2. The van der Waals surface area contributed by atoms with Crippen LogP contribution in [0.5, 0.6) is 0 Å². The summed E-state index contributed by atoms with van der Waals surface area (Å²) in [4.78, 5) is 21.2. The van der Waals surface area contributed by atoms with Crippen LogP contribution in [-0.4, -0.2) is 54.9 Å². The molecule has 1 spiro atoms. The summed E-state index contributed by atoms with van der Waals surface area (Å²) in [6.07, 6.45) is 6.83. The van der Waals surface area contributed by atoms with Crippen molar-refractivity contribution in [3.05, 3.63) is 35.4 Å². The molecule has 0 aromatic heterocycles. The van der Waals surface area contributed by atoms with Gasteiger partial charge in [0.15, 0.2) is 5.96 Å². The molecule has 1 N–H and O–H groups in total.